The summed E-state index contributed by atoms with van der Waals surface area (Å²) in [5, 5.41) is 42.6. The second-order valence-electron chi connectivity index (χ2n) is 12.2. The number of nitrogen functional groups attached to an aromatic ring is 1. The molecule has 1 fully saturated rings. The number of Topliss-reactive ketones (excluding diaryl/α,β-unsaturated/α-hetero) is 1. The number of carbonyl (C=O) groups is 1. The smallest absolute Gasteiger partial charge is 0.200 e. The third-order valence-corrected chi connectivity index (χ3v) is 9.57. The van der Waals surface area contributed by atoms with Crippen molar-refractivity contribution in [2.24, 2.45) is 11.8 Å². The molecule has 2 heterocycles. The van der Waals surface area contributed by atoms with Crippen molar-refractivity contribution in [3.05, 3.63) is 89.4 Å². The minimum atomic E-state index is -1.01. The monoisotopic (exact) mass is 629 g/mol. The molecule has 10 heteroatoms. The number of aromatic nitrogens is 2. The lowest BCUT2D eigenvalue weighted by Gasteiger charge is -2.44. The minimum absolute atomic E-state index is 0.0307. The highest BCUT2D eigenvalue weighted by Gasteiger charge is 2.54. The zero-order valence-electron chi connectivity index (χ0n) is 26.3. The predicted octanol–water partition coefficient (Wildman–Crippen LogP) is 5.22. The summed E-state index contributed by atoms with van der Waals surface area (Å²) in [5.41, 5.74) is 8.94. The van der Waals surface area contributed by atoms with Crippen LogP contribution in [0, 0.1) is 11.8 Å². The van der Waals surface area contributed by atoms with E-state index in [0.29, 0.717) is 42.8 Å². The first kappa shape index (κ1) is 32.7. The van der Waals surface area contributed by atoms with E-state index in [4.69, 9.17) is 15.2 Å². The molecule has 0 radical (unpaired) electrons. The number of pyridine rings is 1. The van der Waals surface area contributed by atoms with Crippen molar-refractivity contribution in [2.45, 2.75) is 62.9 Å². The van der Waals surface area contributed by atoms with Crippen molar-refractivity contribution >= 4 is 11.6 Å². The van der Waals surface area contributed by atoms with Crippen LogP contribution in [0.25, 0.3) is 0 Å². The zero-order chi connectivity index (χ0) is 32.8. The zero-order valence-corrected chi connectivity index (χ0v) is 26.3. The number of rotatable bonds is 14. The molecule has 244 valence electrons. The molecule has 2 aromatic carbocycles. The van der Waals surface area contributed by atoms with Crippen LogP contribution in [-0.2, 0) is 29.5 Å². The number of hydrogen-bond donors (Lipinski definition) is 6. The van der Waals surface area contributed by atoms with Crippen molar-refractivity contribution in [1.29, 1.82) is 0 Å². The number of aliphatic hydroxyl groups excluding tert-OH is 1. The van der Waals surface area contributed by atoms with Gasteiger partial charge in [0.1, 0.15) is 11.6 Å². The first-order valence-corrected chi connectivity index (χ1v) is 15.7. The Kier molecular flexibility index (Phi) is 10.1. The van der Waals surface area contributed by atoms with Gasteiger partial charge in [-0.2, -0.15) is 0 Å². The molecule has 0 amide bonds. The molecular formula is C36H43N3O7. The molecule has 4 aromatic rings. The summed E-state index contributed by atoms with van der Waals surface area (Å²) in [5.74, 6) is -0.679. The molecule has 1 aliphatic rings. The molecule has 1 saturated carbocycles. The number of aliphatic hydroxyl groups is 1. The van der Waals surface area contributed by atoms with E-state index >= 15 is 0 Å². The highest BCUT2D eigenvalue weighted by atomic mass is 16.5. The Bertz CT molecular complexity index is 1640. The highest BCUT2D eigenvalue weighted by Crippen LogP contribution is 2.54. The van der Waals surface area contributed by atoms with E-state index in [-0.39, 0.29) is 47.5 Å². The number of aromatic hydroxyl groups is 3. The Labute approximate surface area is 268 Å². The molecule has 0 spiro atoms. The van der Waals surface area contributed by atoms with Gasteiger partial charge in [-0.25, -0.2) is 4.98 Å². The molecule has 0 unspecified atom stereocenters. The van der Waals surface area contributed by atoms with Gasteiger partial charge in [0.2, 0.25) is 5.75 Å². The number of nitrogens with zero attached hydrogens (tertiary/aromatic N) is 1. The Morgan fingerprint density at radius 2 is 1.80 bits per heavy atom. The third-order valence-electron chi connectivity index (χ3n) is 9.57. The van der Waals surface area contributed by atoms with Crippen LogP contribution >= 0.6 is 0 Å². The number of ketones is 1. The van der Waals surface area contributed by atoms with Gasteiger partial charge in [0.15, 0.2) is 23.0 Å². The van der Waals surface area contributed by atoms with Crippen LogP contribution in [0.3, 0.4) is 0 Å². The number of phenolic OH excluding ortho intramolecular Hbond substituents is 3. The maximum atomic E-state index is 14.6. The lowest BCUT2D eigenvalue weighted by atomic mass is 9.59. The molecule has 1 aliphatic carbocycles. The van der Waals surface area contributed by atoms with E-state index in [1.165, 1.54) is 20.3 Å². The molecule has 46 heavy (non-hydrogen) atoms. The van der Waals surface area contributed by atoms with Crippen molar-refractivity contribution in [3.8, 4) is 28.7 Å². The van der Waals surface area contributed by atoms with E-state index in [2.05, 4.69) is 9.97 Å². The number of nitrogens with one attached hydrogen (secondary N) is 1. The van der Waals surface area contributed by atoms with E-state index in [1.54, 1.807) is 30.5 Å². The van der Waals surface area contributed by atoms with Crippen molar-refractivity contribution in [2.75, 3.05) is 20.0 Å². The first-order valence-electron chi connectivity index (χ1n) is 15.7. The van der Waals surface area contributed by atoms with Crippen LogP contribution in [0.15, 0.2) is 67.0 Å². The van der Waals surface area contributed by atoms with Gasteiger partial charge in [0, 0.05) is 29.9 Å². The Balaban J connectivity index is 1.53. The minimum Gasteiger partial charge on any atom is -0.504 e. The van der Waals surface area contributed by atoms with Crippen molar-refractivity contribution < 1.29 is 34.7 Å². The molecule has 4 atom stereocenters. The fourth-order valence-electron chi connectivity index (χ4n) is 7.43. The van der Waals surface area contributed by atoms with E-state index in [0.717, 1.165) is 29.7 Å². The summed E-state index contributed by atoms with van der Waals surface area (Å²) in [7, 11) is 2.88. The second-order valence-corrected chi connectivity index (χ2v) is 12.2. The van der Waals surface area contributed by atoms with Gasteiger partial charge >= 0.3 is 0 Å². The Morgan fingerprint density at radius 1 is 1.02 bits per heavy atom. The summed E-state index contributed by atoms with van der Waals surface area (Å²) in [6.07, 6.45) is 6.82. The predicted molar refractivity (Wildman–Crippen MR) is 174 cm³/mol. The molecule has 10 nitrogen and oxygen atoms in total. The van der Waals surface area contributed by atoms with Gasteiger partial charge in [-0.15, -0.1) is 0 Å². The number of anilines is 1. The quantitative estimate of drug-likeness (QED) is 0.102. The molecule has 0 bridgehead atoms. The fraction of sp³-hybridized carbons (Fsp3) is 0.389. The summed E-state index contributed by atoms with van der Waals surface area (Å²) < 4.78 is 10.5. The number of methoxy groups -OCH3 is 2. The van der Waals surface area contributed by atoms with E-state index in [9.17, 15) is 25.2 Å². The third kappa shape index (κ3) is 6.77. The van der Waals surface area contributed by atoms with Crippen LogP contribution < -0.4 is 15.2 Å². The van der Waals surface area contributed by atoms with Gasteiger partial charge < -0.3 is 40.6 Å². The van der Waals surface area contributed by atoms with Crippen molar-refractivity contribution in [3.63, 3.8) is 0 Å². The van der Waals surface area contributed by atoms with Crippen molar-refractivity contribution in [1.82, 2.24) is 9.97 Å². The van der Waals surface area contributed by atoms with Gasteiger partial charge in [0.05, 0.1) is 26.2 Å². The lowest BCUT2D eigenvalue weighted by molar-refractivity contribution is -0.131. The number of phenols is 3. The van der Waals surface area contributed by atoms with Gasteiger partial charge in [-0.3, -0.25) is 4.79 Å². The number of H-pyrrole nitrogens is 1. The summed E-state index contributed by atoms with van der Waals surface area (Å²) in [6.45, 7) is 0. The Morgan fingerprint density at radius 3 is 2.52 bits per heavy atom. The molecule has 7 N–H and O–H groups in total. The molecular weight excluding hydrogens is 586 g/mol. The van der Waals surface area contributed by atoms with Crippen LogP contribution in [0.1, 0.15) is 54.5 Å². The number of carbonyl (C=O) groups excluding carboxylic acids is 1. The molecule has 2 aromatic heterocycles. The highest BCUT2D eigenvalue weighted by molar-refractivity contribution is 5.84. The maximum Gasteiger partial charge on any atom is 0.200 e. The maximum absolute atomic E-state index is 14.6. The van der Waals surface area contributed by atoms with E-state index in [1.807, 2.05) is 30.5 Å². The number of ether oxygens (including phenoxy) is 2. The number of benzene rings is 2. The number of aromatic amines is 1. The SMILES string of the molecule is COc1cc(CC[C@@H](O)[C@H](C(=O)CCc2cc(O)c(O)c(OC)c2)[C@@]2(c3ccnc(N)c3)CCC[C@@H]2Cc2ccc[nH]2)ccc1O. The van der Waals surface area contributed by atoms with E-state index < -0.39 is 17.4 Å². The molecule has 0 aliphatic heterocycles. The number of hydrogen-bond acceptors (Lipinski definition) is 9. The lowest BCUT2D eigenvalue weighted by Crippen LogP contribution is -2.49. The van der Waals surface area contributed by atoms with Gasteiger partial charge in [-0.1, -0.05) is 12.5 Å². The van der Waals surface area contributed by atoms with Gasteiger partial charge in [0.25, 0.3) is 0 Å². The topological polar surface area (TPSA) is 171 Å². The largest absolute Gasteiger partial charge is 0.504 e. The molecule has 0 saturated heterocycles. The van der Waals surface area contributed by atoms with Crippen LogP contribution in [0.5, 0.6) is 28.7 Å². The normalized spacial score (nSPS) is 19.1. The summed E-state index contributed by atoms with van der Waals surface area (Å²) in [4.78, 5) is 22.2. The standard InChI is InChI=1S/C36H43N3O7/c1-45-31-18-22(7-10-27(31)40)8-11-28(41)34(29(42)12-9-23-17-30(43)35(44)32(19-23)46-2)36(25-13-16-39-33(37)21-25)14-3-5-24(36)20-26-6-4-15-38-26/h4,6-7,10,13,15-19,21,24,28,34,38,40-41,43-44H,3,5,8-9,11-12,14,20H2,1-2H3,(H2,37,39)/t24-,28-,34-,36+/m1/s1. The number of nitrogens with two attached hydrogens (primary N) is 1. The number of aryl methyl sites for hydroxylation is 2. The molecule has 5 rings (SSSR count). The fourth-order valence-corrected chi connectivity index (χ4v) is 7.43. The Hall–Kier alpha value is -4.70. The summed E-state index contributed by atoms with van der Waals surface area (Å²) >= 11 is 0. The van der Waals surface area contributed by atoms with Crippen LogP contribution in [0.2, 0.25) is 0 Å². The van der Waals surface area contributed by atoms with Gasteiger partial charge in [-0.05, 0) is 110 Å². The van der Waals surface area contributed by atoms with Crippen LogP contribution in [-0.4, -0.2) is 56.5 Å². The summed E-state index contributed by atoms with van der Waals surface area (Å²) in [6, 6.07) is 15.9. The average molecular weight is 630 g/mol. The second kappa shape index (κ2) is 14.2. The van der Waals surface area contributed by atoms with Crippen LogP contribution in [0.4, 0.5) is 5.82 Å². The first-order chi connectivity index (χ1) is 22.2. The average Bonchev–Trinajstić information content (AvgIpc) is 3.72.